The number of fused-ring (bicyclic) bond motifs is 1. The van der Waals surface area contributed by atoms with E-state index in [4.69, 9.17) is 0 Å². The van der Waals surface area contributed by atoms with Crippen molar-refractivity contribution in [2.24, 2.45) is 0 Å². The van der Waals surface area contributed by atoms with Crippen LogP contribution >= 0.6 is 0 Å². The first-order chi connectivity index (χ1) is 11.6. The van der Waals surface area contributed by atoms with Crippen molar-refractivity contribution < 1.29 is 9.59 Å². The van der Waals surface area contributed by atoms with Crippen LogP contribution in [0.5, 0.6) is 0 Å². The Morgan fingerprint density at radius 2 is 2.04 bits per heavy atom. The minimum absolute atomic E-state index is 0.136. The summed E-state index contributed by atoms with van der Waals surface area (Å²) < 4.78 is 1.84. The molecule has 1 amide bonds. The summed E-state index contributed by atoms with van der Waals surface area (Å²) in [4.78, 5) is 28.0. The summed E-state index contributed by atoms with van der Waals surface area (Å²) in [7, 11) is 0. The molecule has 0 saturated carbocycles. The molecule has 0 unspecified atom stereocenters. The van der Waals surface area contributed by atoms with Gasteiger partial charge in [0.2, 0.25) is 5.91 Å². The Hall–Kier alpha value is -2.95. The van der Waals surface area contributed by atoms with Gasteiger partial charge in [-0.2, -0.15) is 0 Å². The van der Waals surface area contributed by atoms with Crippen LogP contribution in [0.1, 0.15) is 28.5 Å². The van der Waals surface area contributed by atoms with Crippen molar-refractivity contribution in [1.29, 1.82) is 0 Å². The number of rotatable bonds is 5. The van der Waals surface area contributed by atoms with E-state index in [9.17, 15) is 9.59 Å². The van der Waals surface area contributed by atoms with Crippen LogP contribution < -0.4 is 5.32 Å². The van der Waals surface area contributed by atoms with E-state index >= 15 is 0 Å². The first kappa shape index (κ1) is 15.9. The highest BCUT2D eigenvalue weighted by Gasteiger charge is 2.13. The largest absolute Gasteiger partial charge is 0.337 e. The molecular weight excluding hydrogens is 302 g/mol. The topological polar surface area (TPSA) is 64.0 Å². The zero-order valence-electron chi connectivity index (χ0n) is 13.7. The molecule has 2 aromatic heterocycles. The van der Waals surface area contributed by atoms with Crippen LogP contribution in [0.15, 0.2) is 42.6 Å². The first-order valence-corrected chi connectivity index (χ1v) is 7.91. The third kappa shape index (κ3) is 3.06. The van der Waals surface area contributed by atoms with Gasteiger partial charge in [0.1, 0.15) is 12.4 Å². The van der Waals surface area contributed by atoms with Crippen molar-refractivity contribution >= 4 is 28.9 Å². The van der Waals surface area contributed by atoms with Crippen molar-refractivity contribution in [3.63, 3.8) is 0 Å². The molecule has 24 heavy (non-hydrogen) atoms. The lowest BCUT2D eigenvalue weighted by Crippen LogP contribution is -2.19. The average Bonchev–Trinajstić information content (AvgIpc) is 2.92. The molecule has 1 N–H and O–H groups in total. The lowest BCUT2D eigenvalue weighted by atomic mass is 10.1. The van der Waals surface area contributed by atoms with Gasteiger partial charge in [-0.25, -0.2) is 4.98 Å². The van der Waals surface area contributed by atoms with Gasteiger partial charge in [-0.3, -0.25) is 9.59 Å². The molecule has 3 rings (SSSR count). The van der Waals surface area contributed by atoms with E-state index in [2.05, 4.69) is 17.2 Å². The molecule has 5 heteroatoms. The highest BCUT2D eigenvalue weighted by atomic mass is 16.2. The quantitative estimate of drug-likeness (QED) is 0.733. The van der Waals surface area contributed by atoms with Gasteiger partial charge in [0.05, 0.1) is 5.52 Å². The number of anilines is 1. The van der Waals surface area contributed by atoms with Gasteiger partial charge >= 0.3 is 0 Å². The molecule has 0 fully saturated rings. The number of aromatic nitrogens is 2. The smallest absolute Gasteiger partial charge is 0.245 e. The third-order valence-electron chi connectivity index (χ3n) is 3.99. The fourth-order valence-electron chi connectivity index (χ4n) is 2.92. The van der Waals surface area contributed by atoms with Crippen molar-refractivity contribution in [2.45, 2.75) is 26.8 Å². The highest BCUT2D eigenvalue weighted by Crippen LogP contribution is 2.24. The first-order valence-electron chi connectivity index (χ1n) is 7.91. The van der Waals surface area contributed by atoms with Gasteiger partial charge in [0.25, 0.3) is 0 Å². The average molecular weight is 321 g/mol. The number of aryl methyl sites for hydroxylation is 2. The zero-order valence-corrected chi connectivity index (χ0v) is 13.7. The fourth-order valence-corrected chi connectivity index (χ4v) is 2.92. The van der Waals surface area contributed by atoms with Gasteiger partial charge < -0.3 is 9.88 Å². The maximum absolute atomic E-state index is 12.4. The number of para-hydroxylation sites is 1. The molecule has 2 heterocycles. The monoisotopic (exact) mass is 321 g/mol. The van der Waals surface area contributed by atoms with Gasteiger partial charge in [-0.15, -0.1) is 0 Å². The minimum Gasteiger partial charge on any atom is -0.337 e. The maximum Gasteiger partial charge on any atom is 0.245 e. The number of pyridine rings is 1. The van der Waals surface area contributed by atoms with Crippen molar-refractivity contribution in [2.75, 3.05) is 5.32 Å². The second kappa shape index (κ2) is 6.66. The Balaban J connectivity index is 1.92. The number of amides is 1. The Kier molecular flexibility index (Phi) is 4.42. The van der Waals surface area contributed by atoms with Crippen molar-refractivity contribution in [3.05, 3.63) is 59.4 Å². The molecule has 1 aromatic carbocycles. The van der Waals surface area contributed by atoms with Crippen LogP contribution in [-0.4, -0.2) is 21.7 Å². The molecule has 122 valence electrons. The number of hydrogen-bond donors (Lipinski definition) is 1. The predicted octanol–water partition coefficient (Wildman–Crippen LogP) is 3.36. The number of nitrogens with one attached hydrogen (secondary N) is 1. The number of carbonyl (C=O) groups is 2. The van der Waals surface area contributed by atoms with Gasteiger partial charge in [-0.05, 0) is 31.0 Å². The molecule has 0 atom stereocenters. The predicted molar refractivity (Wildman–Crippen MR) is 94.3 cm³/mol. The van der Waals surface area contributed by atoms with E-state index in [1.165, 1.54) is 0 Å². The third-order valence-corrected chi connectivity index (χ3v) is 3.99. The number of hydrogen-bond acceptors (Lipinski definition) is 3. The van der Waals surface area contributed by atoms with Crippen LogP contribution in [-0.2, 0) is 17.8 Å². The molecule has 0 spiro atoms. The molecule has 0 bridgehead atoms. The van der Waals surface area contributed by atoms with E-state index in [0.717, 1.165) is 34.9 Å². The van der Waals surface area contributed by atoms with Crippen LogP contribution in [0.3, 0.4) is 0 Å². The maximum atomic E-state index is 12.4. The summed E-state index contributed by atoms with van der Waals surface area (Å²) in [5.74, 6) is 0.358. The van der Waals surface area contributed by atoms with E-state index in [0.29, 0.717) is 11.4 Å². The van der Waals surface area contributed by atoms with Crippen LogP contribution in [0, 0.1) is 6.92 Å². The van der Waals surface area contributed by atoms with Gasteiger partial charge in [0.15, 0.2) is 6.29 Å². The lowest BCUT2D eigenvalue weighted by Gasteiger charge is -2.09. The molecular formula is C19H19N3O2. The molecule has 0 aliphatic heterocycles. The van der Waals surface area contributed by atoms with Crippen molar-refractivity contribution in [1.82, 2.24) is 9.55 Å². The van der Waals surface area contributed by atoms with E-state index in [1.54, 1.807) is 12.3 Å². The summed E-state index contributed by atoms with van der Waals surface area (Å²) in [6.45, 7) is 4.07. The molecule has 0 radical (unpaired) electrons. The summed E-state index contributed by atoms with van der Waals surface area (Å²) in [5, 5.41) is 3.68. The summed E-state index contributed by atoms with van der Waals surface area (Å²) in [6, 6.07) is 11.4. The van der Waals surface area contributed by atoms with Crippen molar-refractivity contribution in [3.8, 4) is 0 Å². The number of carbonyl (C=O) groups excluding carboxylic acids is 2. The number of aldehydes is 1. The summed E-state index contributed by atoms with van der Waals surface area (Å²) >= 11 is 0. The Labute approximate surface area is 140 Å². The SMILES string of the molecule is CCc1cccc2c(C=O)cn(CC(=O)Nc3cccc(C)n3)c12. The summed E-state index contributed by atoms with van der Waals surface area (Å²) in [6.07, 6.45) is 3.40. The zero-order chi connectivity index (χ0) is 17.1. The molecule has 0 aliphatic rings. The second-order valence-corrected chi connectivity index (χ2v) is 5.71. The van der Waals surface area contributed by atoms with Crippen LogP contribution in [0.4, 0.5) is 5.82 Å². The Morgan fingerprint density at radius 1 is 1.25 bits per heavy atom. The standard InChI is InChI=1S/C19H19N3O2/c1-3-14-7-5-8-16-15(12-23)10-22(19(14)16)11-18(24)21-17-9-4-6-13(2)20-17/h4-10,12H,3,11H2,1-2H3,(H,20,21,24). The van der Waals surface area contributed by atoms with E-state index in [-0.39, 0.29) is 12.5 Å². The normalized spacial score (nSPS) is 10.8. The molecule has 0 aliphatic carbocycles. The molecule has 0 saturated heterocycles. The van der Waals surface area contributed by atoms with Crippen LogP contribution in [0.2, 0.25) is 0 Å². The van der Waals surface area contributed by atoms with Crippen LogP contribution in [0.25, 0.3) is 10.9 Å². The fraction of sp³-hybridized carbons (Fsp3) is 0.211. The lowest BCUT2D eigenvalue weighted by molar-refractivity contribution is -0.116. The summed E-state index contributed by atoms with van der Waals surface area (Å²) in [5.41, 5.74) is 3.49. The van der Waals surface area contributed by atoms with Gasteiger partial charge in [0, 0.05) is 22.8 Å². The Morgan fingerprint density at radius 3 is 2.75 bits per heavy atom. The van der Waals surface area contributed by atoms with E-state index in [1.807, 2.05) is 41.8 Å². The Bertz CT molecular complexity index is 912. The van der Waals surface area contributed by atoms with E-state index < -0.39 is 0 Å². The minimum atomic E-state index is -0.173. The molecule has 5 nitrogen and oxygen atoms in total. The van der Waals surface area contributed by atoms with Gasteiger partial charge in [-0.1, -0.05) is 31.2 Å². The highest BCUT2D eigenvalue weighted by molar-refractivity contribution is 6.00. The number of nitrogens with zero attached hydrogens (tertiary/aromatic N) is 2. The second-order valence-electron chi connectivity index (χ2n) is 5.71. The molecule has 3 aromatic rings. The number of benzene rings is 1.